The normalized spacial score (nSPS) is 19.3. The van der Waals surface area contributed by atoms with Crippen LogP contribution in [0.4, 0.5) is 0 Å². The predicted octanol–water partition coefficient (Wildman–Crippen LogP) is 3.53. The van der Waals surface area contributed by atoms with Gasteiger partial charge in [-0.05, 0) is 42.5 Å². The number of piperidine rings is 1. The van der Waals surface area contributed by atoms with Crippen LogP contribution >= 0.6 is 11.8 Å². The summed E-state index contributed by atoms with van der Waals surface area (Å²) < 4.78 is 4.82. The molecule has 0 bridgehead atoms. The monoisotopic (exact) mass is 452 g/mol. The molecule has 2 aliphatic rings. The Bertz CT molecular complexity index is 956. The Kier molecular flexibility index (Phi) is 7.15. The van der Waals surface area contributed by atoms with Gasteiger partial charge in [0.1, 0.15) is 5.37 Å². The fraction of sp³-hybridized carbons (Fsp3) is 0.400. The molecule has 0 radical (unpaired) electrons. The Balaban J connectivity index is 1.37. The maximum atomic E-state index is 12.9. The number of methoxy groups -OCH3 is 1. The van der Waals surface area contributed by atoms with Crippen molar-refractivity contribution in [2.45, 2.75) is 24.6 Å². The SMILES string of the molecule is COC(=O)C1CCN(C(=O)c2ccc([C@@H]3SCC(=O)N3CCc3ccccc3)cc2)CC1. The van der Waals surface area contributed by atoms with Crippen LogP contribution in [0, 0.1) is 5.92 Å². The minimum Gasteiger partial charge on any atom is -0.469 e. The second-order valence-electron chi connectivity index (χ2n) is 8.20. The van der Waals surface area contributed by atoms with E-state index in [-0.39, 0.29) is 29.1 Å². The average Bonchev–Trinajstić information content (AvgIpc) is 3.22. The molecule has 2 saturated heterocycles. The van der Waals surface area contributed by atoms with Crippen molar-refractivity contribution in [1.29, 1.82) is 0 Å². The fourth-order valence-electron chi connectivity index (χ4n) is 4.32. The molecule has 2 heterocycles. The van der Waals surface area contributed by atoms with E-state index in [0.717, 1.165) is 12.0 Å². The largest absolute Gasteiger partial charge is 0.469 e. The van der Waals surface area contributed by atoms with Crippen LogP contribution < -0.4 is 0 Å². The summed E-state index contributed by atoms with van der Waals surface area (Å²) in [5.41, 5.74) is 2.89. The third-order valence-corrected chi connectivity index (χ3v) is 7.47. The van der Waals surface area contributed by atoms with E-state index in [1.807, 2.05) is 47.4 Å². The first-order chi connectivity index (χ1) is 15.6. The molecule has 0 unspecified atom stereocenters. The fourth-order valence-corrected chi connectivity index (χ4v) is 5.54. The Hall–Kier alpha value is -2.80. The number of ether oxygens (including phenoxy) is 1. The van der Waals surface area contributed by atoms with E-state index >= 15 is 0 Å². The second kappa shape index (κ2) is 10.2. The number of amides is 2. The Morgan fingerprint density at radius 1 is 1.03 bits per heavy atom. The summed E-state index contributed by atoms with van der Waals surface area (Å²) in [6.45, 7) is 1.79. The van der Waals surface area contributed by atoms with Gasteiger partial charge in [0.2, 0.25) is 5.91 Å². The van der Waals surface area contributed by atoms with Gasteiger partial charge in [-0.15, -0.1) is 11.8 Å². The number of hydrogen-bond donors (Lipinski definition) is 0. The topological polar surface area (TPSA) is 66.9 Å². The van der Waals surface area contributed by atoms with Crippen molar-refractivity contribution in [3.8, 4) is 0 Å². The van der Waals surface area contributed by atoms with E-state index in [9.17, 15) is 14.4 Å². The predicted molar refractivity (Wildman–Crippen MR) is 124 cm³/mol. The standard InChI is InChI=1S/C25H28N2O4S/c1-31-25(30)21-12-14-26(15-13-21)23(29)19-7-9-20(10-8-19)24-27(22(28)17-32-24)16-11-18-5-3-2-4-6-18/h2-10,21,24H,11-17H2,1H3/t24-/m0/s1. The van der Waals surface area contributed by atoms with Crippen molar-refractivity contribution in [1.82, 2.24) is 9.80 Å². The van der Waals surface area contributed by atoms with Crippen molar-refractivity contribution < 1.29 is 19.1 Å². The van der Waals surface area contributed by atoms with Gasteiger partial charge in [-0.25, -0.2) is 0 Å². The molecular weight excluding hydrogens is 424 g/mol. The smallest absolute Gasteiger partial charge is 0.308 e. The van der Waals surface area contributed by atoms with Gasteiger partial charge in [-0.3, -0.25) is 14.4 Å². The van der Waals surface area contributed by atoms with Crippen LogP contribution in [0.25, 0.3) is 0 Å². The van der Waals surface area contributed by atoms with E-state index in [4.69, 9.17) is 4.74 Å². The number of esters is 1. The summed E-state index contributed by atoms with van der Waals surface area (Å²) >= 11 is 1.63. The summed E-state index contributed by atoms with van der Waals surface area (Å²) in [7, 11) is 1.40. The first kappa shape index (κ1) is 22.4. The molecule has 2 fully saturated rings. The average molecular weight is 453 g/mol. The second-order valence-corrected chi connectivity index (χ2v) is 9.27. The van der Waals surface area contributed by atoms with E-state index in [1.54, 1.807) is 16.7 Å². The number of nitrogens with zero attached hydrogens (tertiary/aromatic N) is 2. The molecule has 1 atom stereocenters. The lowest BCUT2D eigenvalue weighted by Gasteiger charge is -2.31. The van der Waals surface area contributed by atoms with Crippen LogP contribution in [0.3, 0.4) is 0 Å². The van der Waals surface area contributed by atoms with E-state index < -0.39 is 0 Å². The van der Waals surface area contributed by atoms with Gasteiger partial charge in [0.05, 0.1) is 18.8 Å². The van der Waals surface area contributed by atoms with Gasteiger partial charge < -0.3 is 14.5 Å². The van der Waals surface area contributed by atoms with Crippen LogP contribution in [-0.2, 0) is 20.7 Å². The molecule has 2 aromatic carbocycles. The molecule has 7 heteroatoms. The van der Waals surface area contributed by atoms with Crippen molar-refractivity contribution in [2.75, 3.05) is 32.5 Å². The highest BCUT2D eigenvalue weighted by Gasteiger charge is 2.33. The zero-order chi connectivity index (χ0) is 22.5. The lowest BCUT2D eigenvalue weighted by molar-refractivity contribution is -0.146. The Morgan fingerprint density at radius 3 is 2.38 bits per heavy atom. The molecule has 4 rings (SSSR count). The number of benzene rings is 2. The van der Waals surface area contributed by atoms with Gasteiger partial charge >= 0.3 is 5.97 Å². The minimum absolute atomic E-state index is 0.0176. The number of rotatable bonds is 6. The lowest BCUT2D eigenvalue weighted by atomic mass is 9.96. The molecule has 0 N–H and O–H groups in total. The summed E-state index contributed by atoms with van der Waals surface area (Å²) in [6.07, 6.45) is 2.09. The molecule has 0 saturated carbocycles. The van der Waals surface area contributed by atoms with Crippen LogP contribution in [0.5, 0.6) is 0 Å². The minimum atomic E-state index is -0.193. The zero-order valence-corrected chi connectivity index (χ0v) is 19.1. The first-order valence-electron chi connectivity index (χ1n) is 11.0. The van der Waals surface area contributed by atoms with Crippen LogP contribution in [0.1, 0.15) is 39.7 Å². The molecule has 2 aromatic rings. The van der Waals surface area contributed by atoms with Crippen molar-refractivity contribution in [3.63, 3.8) is 0 Å². The molecule has 168 valence electrons. The highest BCUT2D eigenvalue weighted by atomic mass is 32.2. The molecule has 32 heavy (non-hydrogen) atoms. The molecule has 0 aromatic heterocycles. The van der Waals surface area contributed by atoms with Gasteiger partial charge in [-0.1, -0.05) is 42.5 Å². The van der Waals surface area contributed by atoms with Gasteiger partial charge in [0, 0.05) is 25.2 Å². The zero-order valence-electron chi connectivity index (χ0n) is 18.2. The molecular formula is C25H28N2O4S. The summed E-state index contributed by atoms with van der Waals surface area (Å²) in [5, 5.41) is -0.0221. The highest BCUT2D eigenvalue weighted by Crippen LogP contribution is 2.38. The van der Waals surface area contributed by atoms with Crippen LogP contribution in [0.15, 0.2) is 54.6 Å². The number of hydrogen-bond acceptors (Lipinski definition) is 5. The molecule has 0 aliphatic carbocycles. The maximum Gasteiger partial charge on any atom is 0.308 e. The molecule has 0 spiro atoms. The quantitative estimate of drug-likeness (QED) is 0.628. The number of carbonyl (C=O) groups excluding carboxylic acids is 3. The molecule has 2 amide bonds. The van der Waals surface area contributed by atoms with Crippen molar-refractivity contribution >= 4 is 29.5 Å². The summed E-state index contributed by atoms with van der Waals surface area (Å²) in [5.74, 6) is 0.308. The first-order valence-corrected chi connectivity index (χ1v) is 12.0. The van der Waals surface area contributed by atoms with Gasteiger partial charge in [0.25, 0.3) is 5.91 Å². The third kappa shape index (κ3) is 4.99. The van der Waals surface area contributed by atoms with Gasteiger partial charge in [0.15, 0.2) is 0 Å². The van der Waals surface area contributed by atoms with Gasteiger partial charge in [-0.2, -0.15) is 0 Å². The maximum absolute atomic E-state index is 12.9. The Labute approximate surface area is 192 Å². The van der Waals surface area contributed by atoms with E-state index in [1.165, 1.54) is 12.7 Å². The Morgan fingerprint density at radius 2 is 1.72 bits per heavy atom. The summed E-state index contributed by atoms with van der Waals surface area (Å²) in [4.78, 5) is 40.8. The number of likely N-dealkylation sites (tertiary alicyclic amines) is 1. The van der Waals surface area contributed by atoms with Crippen LogP contribution in [0.2, 0.25) is 0 Å². The third-order valence-electron chi connectivity index (χ3n) is 6.21. The summed E-state index contributed by atoms with van der Waals surface area (Å²) in [6, 6.07) is 17.8. The lowest BCUT2D eigenvalue weighted by Crippen LogP contribution is -2.40. The van der Waals surface area contributed by atoms with E-state index in [0.29, 0.717) is 43.8 Å². The van der Waals surface area contributed by atoms with Crippen molar-refractivity contribution in [2.24, 2.45) is 5.92 Å². The number of thioether (sulfide) groups is 1. The highest BCUT2D eigenvalue weighted by molar-refractivity contribution is 8.00. The van der Waals surface area contributed by atoms with Crippen LogP contribution in [-0.4, -0.2) is 60.1 Å². The molecule has 6 nitrogen and oxygen atoms in total. The van der Waals surface area contributed by atoms with Crippen molar-refractivity contribution in [3.05, 3.63) is 71.3 Å². The molecule has 2 aliphatic heterocycles. The van der Waals surface area contributed by atoms with E-state index in [2.05, 4.69) is 12.1 Å². The number of carbonyl (C=O) groups is 3.